The van der Waals surface area contributed by atoms with Gasteiger partial charge in [-0.15, -0.1) is 5.10 Å². The molecule has 1 saturated heterocycles. The van der Waals surface area contributed by atoms with Crippen molar-refractivity contribution in [1.29, 1.82) is 0 Å². The molecule has 1 aliphatic heterocycles. The van der Waals surface area contributed by atoms with Gasteiger partial charge >= 0.3 is 0 Å². The minimum atomic E-state index is 0.391. The summed E-state index contributed by atoms with van der Waals surface area (Å²) in [4.78, 5) is 4.61. The van der Waals surface area contributed by atoms with Gasteiger partial charge in [-0.25, -0.2) is 9.67 Å². The molecule has 4 rings (SSSR count). The molecule has 108 valence electrons. The molecule has 0 unspecified atom stereocenters. The van der Waals surface area contributed by atoms with Crippen LogP contribution >= 0.6 is 0 Å². The highest BCUT2D eigenvalue weighted by Crippen LogP contribution is 2.22. The number of ether oxygens (including phenoxy) is 1. The van der Waals surface area contributed by atoms with Gasteiger partial charge in [0.05, 0.1) is 24.5 Å². The van der Waals surface area contributed by atoms with E-state index in [1.165, 1.54) is 5.56 Å². The van der Waals surface area contributed by atoms with Crippen molar-refractivity contribution in [3.05, 3.63) is 47.7 Å². The van der Waals surface area contributed by atoms with Gasteiger partial charge in [0, 0.05) is 31.1 Å². The van der Waals surface area contributed by atoms with E-state index >= 15 is 0 Å². The number of pyridine rings is 1. The lowest BCUT2D eigenvalue weighted by atomic mass is 10.1. The van der Waals surface area contributed by atoms with E-state index in [4.69, 9.17) is 4.74 Å². The van der Waals surface area contributed by atoms with Crippen LogP contribution in [0.4, 0.5) is 0 Å². The van der Waals surface area contributed by atoms with E-state index in [-0.39, 0.29) is 0 Å². The molecule has 21 heavy (non-hydrogen) atoms. The Bertz CT molecular complexity index is 769. The zero-order valence-corrected chi connectivity index (χ0v) is 11.9. The zero-order valence-electron chi connectivity index (χ0n) is 11.9. The summed E-state index contributed by atoms with van der Waals surface area (Å²) < 4.78 is 9.30. The van der Waals surface area contributed by atoms with Gasteiger partial charge in [0.1, 0.15) is 5.65 Å². The summed E-state index contributed by atoms with van der Waals surface area (Å²) in [6.45, 7) is 4.30. The molecule has 0 spiro atoms. The topological polar surface area (TPSA) is 57.2 Å². The van der Waals surface area contributed by atoms with Gasteiger partial charge in [-0.05, 0) is 25.0 Å². The molecule has 1 atom stereocenters. The second-order valence-electron chi connectivity index (χ2n) is 5.61. The zero-order chi connectivity index (χ0) is 14.2. The van der Waals surface area contributed by atoms with Crippen LogP contribution in [0.25, 0.3) is 5.65 Å². The number of imidazole rings is 1. The second kappa shape index (κ2) is 4.96. The highest BCUT2D eigenvalue weighted by molar-refractivity contribution is 5.41. The summed E-state index contributed by atoms with van der Waals surface area (Å²) in [6.07, 6.45) is 7.16. The lowest BCUT2D eigenvalue weighted by Gasteiger charge is -1.99. The minimum Gasteiger partial charge on any atom is -0.381 e. The summed E-state index contributed by atoms with van der Waals surface area (Å²) in [5.41, 5.74) is 4.18. The van der Waals surface area contributed by atoms with Gasteiger partial charge in [-0.3, -0.25) is 0 Å². The minimum absolute atomic E-state index is 0.391. The molecule has 0 aliphatic carbocycles. The molecule has 6 heteroatoms. The molecular weight excluding hydrogens is 266 g/mol. The summed E-state index contributed by atoms with van der Waals surface area (Å²) in [6, 6.07) is 4.10. The number of rotatable bonds is 3. The molecule has 6 nitrogen and oxygen atoms in total. The average molecular weight is 283 g/mol. The Morgan fingerprint density at radius 1 is 1.29 bits per heavy atom. The summed E-state index contributed by atoms with van der Waals surface area (Å²) in [5, 5.41) is 8.47. The van der Waals surface area contributed by atoms with E-state index in [1.54, 1.807) is 0 Å². The third-order valence-corrected chi connectivity index (χ3v) is 3.88. The lowest BCUT2D eigenvalue weighted by Crippen LogP contribution is -2.00. The predicted octanol–water partition coefficient (Wildman–Crippen LogP) is 1.79. The van der Waals surface area contributed by atoms with E-state index in [0.717, 1.165) is 36.7 Å². The molecule has 4 heterocycles. The summed E-state index contributed by atoms with van der Waals surface area (Å²) >= 11 is 0. The Morgan fingerprint density at radius 3 is 3.10 bits per heavy atom. The first kappa shape index (κ1) is 12.5. The average Bonchev–Trinajstić information content (AvgIpc) is 3.16. The van der Waals surface area contributed by atoms with Crippen LogP contribution in [0.2, 0.25) is 0 Å². The normalized spacial score (nSPS) is 18.6. The van der Waals surface area contributed by atoms with Crippen molar-refractivity contribution < 1.29 is 4.74 Å². The van der Waals surface area contributed by atoms with Crippen LogP contribution in [-0.4, -0.2) is 37.6 Å². The van der Waals surface area contributed by atoms with E-state index in [0.29, 0.717) is 12.5 Å². The number of fused-ring (bicyclic) bond motifs is 1. The van der Waals surface area contributed by atoms with Gasteiger partial charge in [-0.1, -0.05) is 11.3 Å². The largest absolute Gasteiger partial charge is 0.381 e. The van der Waals surface area contributed by atoms with Crippen molar-refractivity contribution in [2.45, 2.75) is 25.8 Å². The standard InChI is InChI=1S/C15H17N5O/c1-11-2-3-15-16-13(7-19(15)6-11)8-20-9-14(17-18-20)12-4-5-21-10-12/h2-3,6-7,9,12H,4-5,8,10H2,1H3/t12-/m0/s1. The van der Waals surface area contributed by atoms with Gasteiger partial charge in [0.2, 0.25) is 0 Å². The number of aromatic nitrogens is 5. The Kier molecular flexibility index (Phi) is 2.96. The quantitative estimate of drug-likeness (QED) is 0.735. The Morgan fingerprint density at radius 2 is 2.24 bits per heavy atom. The van der Waals surface area contributed by atoms with Crippen LogP contribution in [-0.2, 0) is 11.3 Å². The molecule has 0 bridgehead atoms. The van der Waals surface area contributed by atoms with Crippen molar-refractivity contribution in [2.24, 2.45) is 0 Å². The molecule has 0 aromatic carbocycles. The second-order valence-corrected chi connectivity index (χ2v) is 5.61. The van der Waals surface area contributed by atoms with Crippen molar-refractivity contribution >= 4 is 5.65 Å². The van der Waals surface area contributed by atoms with Gasteiger partial charge in [0.25, 0.3) is 0 Å². The van der Waals surface area contributed by atoms with Crippen LogP contribution < -0.4 is 0 Å². The molecule has 3 aromatic rings. The third-order valence-electron chi connectivity index (χ3n) is 3.88. The van der Waals surface area contributed by atoms with E-state index in [1.807, 2.05) is 27.5 Å². The van der Waals surface area contributed by atoms with Crippen LogP contribution in [0.3, 0.4) is 0 Å². The van der Waals surface area contributed by atoms with E-state index in [9.17, 15) is 0 Å². The van der Waals surface area contributed by atoms with Gasteiger partial charge < -0.3 is 9.14 Å². The number of aryl methyl sites for hydroxylation is 1. The smallest absolute Gasteiger partial charge is 0.137 e. The molecule has 0 saturated carbocycles. The molecule has 1 fully saturated rings. The molecule has 0 N–H and O–H groups in total. The molecule has 3 aromatic heterocycles. The fourth-order valence-electron chi connectivity index (χ4n) is 2.74. The van der Waals surface area contributed by atoms with E-state index in [2.05, 4.69) is 34.5 Å². The maximum absolute atomic E-state index is 5.40. The van der Waals surface area contributed by atoms with Crippen molar-refractivity contribution in [3.63, 3.8) is 0 Å². The first-order valence-electron chi connectivity index (χ1n) is 7.20. The van der Waals surface area contributed by atoms with Crippen molar-refractivity contribution in [2.75, 3.05) is 13.2 Å². The molecule has 0 radical (unpaired) electrons. The van der Waals surface area contributed by atoms with E-state index < -0.39 is 0 Å². The highest BCUT2D eigenvalue weighted by atomic mass is 16.5. The molecule has 1 aliphatic rings. The molecular formula is C15H17N5O. The highest BCUT2D eigenvalue weighted by Gasteiger charge is 2.20. The van der Waals surface area contributed by atoms with Crippen molar-refractivity contribution in [3.8, 4) is 0 Å². The van der Waals surface area contributed by atoms with Gasteiger partial charge in [0.15, 0.2) is 0 Å². The summed E-state index contributed by atoms with van der Waals surface area (Å²) in [7, 11) is 0. The Labute approximate surface area is 122 Å². The van der Waals surface area contributed by atoms with Crippen LogP contribution in [0.15, 0.2) is 30.7 Å². The third kappa shape index (κ3) is 2.42. The lowest BCUT2D eigenvalue weighted by molar-refractivity contribution is 0.193. The first-order valence-corrected chi connectivity index (χ1v) is 7.20. The number of hydrogen-bond acceptors (Lipinski definition) is 4. The first-order chi connectivity index (χ1) is 10.3. The monoisotopic (exact) mass is 283 g/mol. The fraction of sp³-hybridized carbons (Fsp3) is 0.400. The molecule has 0 amide bonds. The van der Waals surface area contributed by atoms with Crippen LogP contribution in [0, 0.1) is 6.92 Å². The number of hydrogen-bond donors (Lipinski definition) is 0. The Hall–Kier alpha value is -2.21. The van der Waals surface area contributed by atoms with Gasteiger partial charge in [-0.2, -0.15) is 0 Å². The maximum atomic E-state index is 5.40. The predicted molar refractivity (Wildman–Crippen MR) is 77.2 cm³/mol. The van der Waals surface area contributed by atoms with Crippen molar-refractivity contribution in [1.82, 2.24) is 24.4 Å². The van der Waals surface area contributed by atoms with Crippen LogP contribution in [0.5, 0.6) is 0 Å². The fourth-order valence-corrected chi connectivity index (χ4v) is 2.74. The van der Waals surface area contributed by atoms with Crippen LogP contribution in [0.1, 0.15) is 29.3 Å². The SMILES string of the molecule is Cc1ccc2nc(Cn3cc([C@H]4CCOC4)nn3)cn2c1. The summed E-state index contributed by atoms with van der Waals surface area (Å²) in [5.74, 6) is 0.391. The Balaban J connectivity index is 1.56. The number of nitrogens with zero attached hydrogens (tertiary/aromatic N) is 5. The maximum Gasteiger partial charge on any atom is 0.137 e.